The number of nitrogens with one attached hydrogen (secondary N) is 1. The van der Waals surface area contributed by atoms with Gasteiger partial charge >= 0.3 is 0 Å². The Bertz CT molecular complexity index is 723. The number of hydrogen-bond donors (Lipinski definition) is 1. The normalized spacial score (nSPS) is 9.85. The highest BCUT2D eigenvalue weighted by Gasteiger charge is 2.12. The second-order valence-electron chi connectivity index (χ2n) is 4.19. The SMILES string of the molecule is Cc1ccc(Nc2ccc(Cl)cc2C#N)cc1[N+](=O)[O-]. The van der Waals surface area contributed by atoms with Crippen molar-refractivity contribution in [2.45, 2.75) is 6.92 Å². The van der Waals surface area contributed by atoms with Gasteiger partial charge in [-0.1, -0.05) is 17.7 Å². The van der Waals surface area contributed by atoms with Gasteiger partial charge in [0.15, 0.2) is 0 Å². The van der Waals surface area contributed by atoms with Gasteiger partial charge in [0.05, 0.1) is 16.2 Å². The van der Waals surface area contributed by atoms with Crippen molar-refractivity contribution in [2.75, 3.05) is 5.32 Å². The topological polar surface area (TPSA) is 79.0 Å². The van der Waals surface area contributed by atoms with Crippen molar-refractivity contribution >= 4 is 28.7 Å². The zero-order valence-electron chi connectivity index (χ0n) is 10.6. The minimum atomic E-state index is -0.437. The molecule has 0 radical (unpaired) electrons. The van der Waals surface area contributed by atoms with Crippen LogP contribution >= 0.6 is 11.6 Å². The van der Waals surface area contributed by atoms with Gasteiger partial charge in [0.25, 0.3) is 5.69 Å². The third-order valence-corrected chi connectivity index (χ3v) is 3.02. The molecule has 0 spiro atoms. The number of nitriles is 1. The van der Waals surface area contributed by atoms with Crippen LogP contribution in [-0.4, -0.2) is 4.92 Å². The number of nitrogens with zero attached hydrogens (tertiary/aromatic N) is 2. The van der Waals surface area contributed by atoms with E-state index in [0.29, 0.717) is 27.5 Å². The Balaban J connectivity index is 2.38. The molecular formula is C14H10ClN3O2. The Labute approximate surface area is 120 Å². The lowest BCUT2D eigenvalue weighted by atomic mass is 10.1. The molecule has 0 aromatic heterocycles. The summed E-state index contributed by atoms with van der Waals surface area (Å²) in [4.78, 5) is 10.5. The van der Waals surface area contributed by atoms with Gasteiger partial charge in [0.1, 0.15) is 6.07 Å². The average Bonchev–Trinajstić information content (AvgIpc) is 2.42. The molecule has 20 heavy (non-hydrogen) atoms. The van der Waals surface area contributed by atoms with E-state index in [1.54, 1.807) is 31.2 Å². The van der Waals surface area contributed by atoms with Crippen LogP contribution in [0.5, 0.6) is 0 Å². The first-order valence-corrected chi connectivity index (χ1v) is 6.11. The number of anilines is 2. The van der Waals surface area contributed by atoms with Gasteiger partial charge in [-0.25, -0.2) is 0 Å². The Morgan fingerprint density at radius 1 is 1.30 bits per heavy atom. The highest BCUT2D eigenvalue weighted by molar-refractivity contribution is 6.30. The second-order valence-corrected chi connectivity index (χ2v) is 4.62. The van der Waals surface area contributed by atoms with E-state index in [9.17, 15) is 10.1 Å². The number of hydrogen-bond acceptors (Lipinski definition) is 4. The van der Waals surface area contributed by atoms with E-state index in [-0.39, 0.29) is 5.69 Å². The van der Waals surface area contributed by atoms with Gasteiger partial charge in [-0.05, 0) is 31.2 Å². The Hall–Kier alpha value is -2.58. The molecule has 2 rings (SSSR count). The van der Waals surface area contributed by atoms with Crippen LogP contribution in [0.3, 0.4) is 0 Å². The largest absolute Gasteiger partial charge is 0.354 e. The van der Waals surface area contributed by atoms with Crippen LogP contribution in [0.25, 0.3) is 0 Å². The third kappa shape index (κ3) is 2.87. The summed E-state index contributed by atoms with van der Waals surface area (Å²) in [6.45, 7) is 1.67. The standard InChI is InChI=1S/C14H10ClN3O2/c1-9-2-4-12(7-14(9)18(19)20)17-13-5-3-11(15)6-10(13)8-16/h2-7,17H,1H3. The van der Waals surface area contributed by atoms with Crippen molar-refractivity contribution in [3.05, 3.63) is 62.7 Å². The summed E-state index contributed by atoms with van der Waals surface area (Å²) in [6, 6.07) is 11.7. The quantitative estimate of drug-likeness (QED) is 0.678. The summed E-state index contributed by atoms with van der Waals surface area (Å²) in [5, 5.41) is 23.4. The van der Waals surface area contributed by atoms with E-state index < -0.39 is 4.92 Å². The molecule has 2 aromatic rings. The fourth-order valence-corrected chi connectivity index (χ4v) is 1.93. The maximum atomic E-state index is 10.9. The molecule has 0 heterocycles. The first-order chi connectivity index (χ1) is 9.51. The molecule has 0 aliphatic carbocycles. The van der Waals surface area contributed by atoms with Gasteiger partial charge < -0.3 is 5.32 Å². The smallest absolute Gasteiger partial charge is 0.274 e. The lowest BCUT2D eigenvalue weighted by Gasteiger charge is -2.09. The van der Waals surface area contributed by atoms with Gasteiger partial charge in [-0.3, -0.25) is 10.1 Å². The number of aryl methyl sites for hydroxylation is 1. The molecule has 0 saturated heterocycles. The summed E-state index contributed by atoms with van der Waals surface area (Å²) >= 11 is 5.82. The Morgan fingerprint density at radius 2 is 2.05 bits per heavy atom. The second kappa shape index (κ2) is 5.59. The maximum Gasteiger partial charge on any atom is 0.274 e. The zero-order chi connectivity index (χ0) is 14.7. The summed E-state index contributed by atoms with van der Waals surface area (Å²) in [5.74, 6) is 0. The van der Waals surface area contributed by atoms with Crippen molar-refractivity contribution in [2.24, 2.45) is 0 Å². The first-order valence-electron chi connectivity index (χ1n) is 5.73. The number of rotatable bonds is 3. The fraction of sp³-hybridized carbons (Fsp3) is 0.0714. The van der Waals surface area contributed by atoms with Crippen molar-refractivity contribution in [1.29, 1.82) is 5.26 Å². The van der Waals surface area contributed by atoms with Crippen molar-refractivity contribution in [3.63, 3.8) is 0 Å². The molecule has 0 atom stereocenters. The number of benzene rings is 2. The van der Waals surface area contributed by atoms with E-state index in [0.717, 1.165) is 0 Å². The highest BCUT2D eigenvalue weighted by Crippen LogP contribution is 2.27. The van der Waals surface area contributed by atoms with Gasteiger partial charge in [0.2, 0.25) is 0 Å². The van der Waals surface area contributed by atoms with Crippen LogP contribution in [0.15, 0.2) is 36.4 Å². The summed E-state index contributed by atoms with van der Waals surface area (Å²) in [6.07, 6.45) is 0. The van der Waals surface area contributed by atoms with E-state index in [1.165, 1.54) is 12.1 Å². The molecule has 6 heteroatoms. The fourth-order valence-electron chi connectivity index (χ4n) is 1.76. The molecule has 0 saturated carbocycles. The number of nitro benzene ring substituents is 1. The predicted molar refractivity (Wildman–Crippen MR) is 77.3 cm³/mol. The summed E-state index contributed by atoms with van der Waals surface area (Å²) < 4.78 is 0. The number of nitro groups is 1. The van der Waals surface area contributed by atoms with Crippen LogP contribution in [0, 0.1) is 28.4 Å². The van der Waals surface area contributed by atoms with Crippen molar-refractivity contribution in [1.82, 2.24) is 0 Å². The summed E-state index contributed by atoms with van der Waals surface area (Å²) in [5.41, 5.74) is 2.08. The van der Waals surface area contributed by atoms with Crippen molar-refractivity contribution < 1.29 is 4.92 Å². The first kappa shape index (κ1) is 13.8. The van der Waals surface area contributed by atoms with Crippen LogP contribution in [0.4, 0.5) is 17.1 Å². The molecule has 0 fully saturated rings. The van der Waals surface area contributed by atoms with E-state index in [4.69, 9.17) is 16.9 Å². The molecule has 100 valence electrons. The van der Waals surface area contributed by atoms with Crippen LogP contribution < -0.4 is 5.32 Å². The Morgan fingerprint density at radius 3 is 2.70 bits per heavy atom. The van der Waals surface area contributed by atoms with E-state index in [1.807, 2.05) is 6.07 Å². The van der Waals surface area contributed by atoms with E-state index in [2.05, 4.69) is 5.32 Å². The molecule has 1 N–H and O–H groups in total. The molecule has 2 aromatic carbocycles. The van der Waals surface area contributed by atoms with Gasteiger partial charge in [0, 0.05) is 22.3 Å². The average molecular weight is 288 g/mol. The molecule has 0 amide bonds. The molecule has 0 bridgehead atoms. The lowest BCUT2D eigenvalue weighted by molar-refractivity contribution is -0.385. The zero-order valence-corrected chi connectivity index (χ0v) is 11.3. The minimum Gasteiger partial charge on any atom is -0.354 e. The van der Waals surface area contributed by atoms with Gasteiger partial charge in [-0.2, -0.15) is 5.26 Å². The van der Waals surface area contributed by atoms with E-state index >= 15 is 0 Å². The molecule has 0 aliphatic heterocycles. The predicted octanol–water partition coefficient (Wildman–Crippen LogP) is 4.17. The summed E-state index contributed by atoms with van der Waals surface area (Å²) in [7, 11) is 0. The molecular weight excluding hydrogens is 278 g/mol. The van der Waals surface area contributed by atoms with Crippen LogP contribution in [0.1, 0.15) is 11.1 Å². The minimum absolute atomic E-state index is 0.0301. The van der Waals surface area contributed by atoms with Crippen LogP contribution in [0.2, 0.25) is 5.02 Å². The third-order valence-electron chi connectivity index (χ3n) is 2.79. The highest BCUT2D eigenvalue weighted by atomic mass is 35.5. The maximum absolute atomic E-state index is 10.9. The van der Waals surface area contributed by atoms with Crippen molar-refractivity contribution in [3.8, 4) is 6.07 Å². The number of halogens is 1. The lowest BCUT2D eigenvalue weighted by Crippen LogP contribution is -1.97. The van der Waals surface area contributed by atoms with Gasteiger partial charge in [-0.15, -0.1) is 0 Å². The van der Waals surface area contributed by atoms with Crippen LogP contribution in [-0.2, 0) is 0 Å². The molecule has 0 aliphatic rings. The molecule has 0 unspecified atom stereocenters. The Kier molecular flexibility index (Phi) is 3.87. The monoisotopic (exact) mass is 287 g/mol. The molecule has 5 nitrogen and oxygen atoms in total.